The van der Waals surface area contributed by atoms with Crippen molar-refractivity contribution in [2.75, 3.05) is 26.4 Å². The highest BCUT2D eigenvalue weighted by atomic mass is 16.6. The molecule has 21 heavy (non-hydrogen) atoms. The van der Waals surface area contributed by atoms with Crippen molar-refractivity contribution in [3.05, 3.63) is 34.4 Å². The number of nitrogens with zero attached hydrogens (tertiary/aromatic N) is 1. The molecule has 0 aromatic heterocycles. The molecule has 114 valence electrons. The molecule has 2 rings (SSSR count). The Labute approximate surface area is 120 Å². The number of ether oxygens (including phenoxy) is 2. The number of aliphatic hydroxyl groups is 1. The largest absolute Gasteiger partial charge is 0.484 e. The number of nitro benzene ring substituents is 1. The molecule has 0 radical (unpaired) electrons. The number of amides is 1. The molecule has 1 amide bonds. The Morgan fingerprint density at radius 1 is 1.48 bits per heavy atom. The highest BCUT2D eigenvalue weighted by molar-refractivity contribution is 5.77. The van der Waals surface area contributed by atoms with Gasteiger partial charge in [0.2, 0.25) is 0 Å². The molecule has 1 fully saturated rings. The van der Waals surface area contributed by atoms with Gasteiger partial charge in [-0.15, -0.1) is 0 Å². The van der Waals surface area contributed by atoms with Crippen LogP contribution in [0.4, 0.5) is 5.69 Å². The van der Waals surface area contributed by atoms with Crippen molar-refractivity contribution < 1.29 is 24.3 Å². The van der Waals surface area contributed by atoms with E-state index in [1.807, 2.05) is 0 Å². The second-order valence-electron chi connectivity index (χ2n) is 4.84. The SMILES string of the molecule is O=C(COc1ccc([N+](=O)[O-])cc1)NCC1(O)CCOC1. The fourth-order valence-corrected chi connectivity index (χ4v) is 1.86. The molecule has 8 heteroatoms. The molecule has 1 aliphatic heterocycles. The molecule has 2 N–H and O–H groups in total. The number of carbonyl (C=O) groups excluding carboxylic acids is 1. The molecule has 1 heterocycles. The molecule has 1 atom stereocenters. The van der Waals surface area contributed by atoms with E-state index in [-0.39, 0.29) is 31.4 Å². The second-order valence-corrected chi connectivity index (χ2v) is 4.84. The average molecular weight is 296 g/mol. The van der Waals surface area contributed by atoms with Crippen LogP contribution in [0.15, 0.2) is 24.3 Å². The molecule has 0 spiro atoms. The first-order chi connectivity index (χ1) is 9.98. The highest BCUT2D eigenvalue weighted by Gasteiger charge is 2.32. The van der Waals surface area contributed by atoms with Gasteiger partial charge in [-0.2, -0.15) is 0 Å². The van der Waals surface area contributed by atoms with Crippen LogP contribution in [0.3, 0.4) is 0 Å². The second kappa shape index (κ2) is 6.51. The smallest absolute Gasteiger partial charge is 0.269 e. The van der Waals surface area contributed by atoms with Crippen LogP contribution in [0.25, 0.3) is 0 Å². The Kier molecular flexibility index (Phi) is 4.71. The number of benzene rings is 1. The van der Waals surface area contributed by atoms with Crippen LogP contribution in [-0.2, 0) is 9.53 Å². The van der Waals surface area contributed by atoms with Crippen molar-refractivity contribution >= 4 is 11.6 Å². The Hall–Kier alpha value is -2.19. The van der Waals surface area contributed by atoms with Crippen LogP contribution in [0, 0.1) is 10.1 Å². The zero-order valence-electron chi connectivity index (χ0n) is 11.3. The Morgan fingerprint density at radius 2 is 2.19 bits per heavy atom. The Balaban J connectivity index is 1.74. The van der Waals surface area contributed by atoms with Crippen molar-refractivity contribution in [2.24, 2.45) is 0 Å². The summed E-state index contributed by atoms with van der Waals surface area (Å²) in [4.78, 5) is 21.6. The van der Waals surface area contributed by atoms with Crippen molar-refractivity contribution in [3.8, 4) is 5.75 Å². The molecule has 1 aliphatic rings. The minimum Gasteiger partial charge on any atom is -0.484 e. The van der Waals surface area contributed by atoms with E-state index in [2.05, 4.69) is 5.32 Å². The lowest BCUT2D eigenvalue weighted by atomic mass is 10.0. The first-order valence-corrected chi connectivity index (χ1v) is 6.43. The van der Waals surface area contributed by atoms with E-state index in [0.717, 1.165) is 0 Å². The summed E-state index contributed by atoms with van der Waals surface area (Å²) in [5.41, 5.74) is -1.06. The number of hydrogen-bond acceptors (Lipinski definition) is 6. The van der Waals surface area contributed by atoms with Gasteiger partial charge in [0.05, 0.1) is 11.5 Å². The molecule has 1 unspecified atom stereocenters. The molecule has 8 nitrogen and oxygen atoms in total. The summed E-state index contributed by atoms with van der Waals surface area (Å²) >= 11 is 0. The molecule has 0 aliphatic carbocycles. The monoisotopic (exact) mass is 296 g/mol. The Morgan fingerprint density at radius 3 is 2.76 bits per heavy atom. The number of nitrogens with one attached hydrogen (secondary N) is 1. The van der Waals surface area contributed by atoms with Crippen LogP contribution in [0.2, 0.25) is 0 Å². The minimum atomic E-state index is -1.01. The van der Waals surface area contributed by atoms with Gasteiger partial charge in [-0.3, -0.25) is 14.9 Å². The summed E-state index contributed by atoms with van der Waals surface area (Å²) in [5, 5.41) is 23.0. The lowest BCUT2D eigenvalue weighted by molar-refractivity contribution is -0.384. The lowest BCUT2D eigenvalue weighted by Gasteiger charge is -2.20. The van der Waals surface area contributed by atoms with Gasteiger partial charge in [0.15, 0.2) is 6.61 Å². The summed E-state index contributed by atoms with van der Waals surface area (Å²) in [7, 11) is 0. The van der Waals surface area contributed by atoms with E-state index in [0.29, 0.717) is 18.8 Å². The van der Waals surface area contributed by atoms with Crippen molar-refractivity contribution in [1.82, 2.24) is 5.32 Å². The average Bonchev–Trinajstić information content (AvgIpc) is 2.91. The first kappa shape index (κ1) is 15.2. The maximum absolute atomic E-state index is 11.6. The standard InChI is InChI=1S/C13H16N2O6/c16-12(14-8-13(17)5-6-20-9-13)7-21-11-3-1-10(2-4-11)15(18)19/h1-4,17H,5-9H2,(H,14,16). The van der Waals surface area contributed by atoms with Gasteiger partial charge in [-0.1, -0.05) is 0 Å². The molecular formula is C13H16N2O6. The van der Waals surface area contributed by atoms with Crippen LogP contribution >= 0.6 is 0 Å². The molecule has 1 aromatic carbocycles. The summed E-state index contributed by atoms with van der Waals surface area (Å²) in [5.74, 6) is -0.0210. The molecular weight excluding hydrogens is 280 g/mol. The third kappa shape index (κ3) is 4.40. The first-order valence-electron chi connectivity index (χ1n) is 6.43. The van der Waals surface area contributed by atoms with Gasteiger partial charge in [-0.25, -0.2) is 0 Å². The van der Waals surface area contributed by atoms with Gasteiger partial charge in [0.1, 0.15) is 11.4 Å². The third-order valence-electron chi connectivity index (χ3n) is 3.11. The van der Waals surface area contributed by atoms with Gasteiger partial charge in [-0.05, 0) is 12.1 Å². The zero-order chi connectivity index (χ0) is 15.3. The molecule has 1 aromatic rings. The Bertz CT molecular complexity index is 510. The van der Waals surface area contributed by atoms with E-state index < -0.39 is 10.5 Å². The fraction of sp³-hybridized carbons (Fsp3) is 0.462. The van der Waals surface area contributed by atoms with Crippen LogP contribution in [0.1, 0.15) is 6.42 Å². The topological polar surface area (TPSA) is 111 Å². The zero-order valence-corrected chi connectivity index (χ0v) is 11.3. The van der Waals surface area contributed by atoms with E-state index in [1.54, 1.807) is 0 Å². The predicted molar refractivity (Wildman–Crippen MR) is 72.0 cm³/mol. The molecule has 0 saturated carbocycles. The summed E-state index contributed by atoms with van der Waals surface area (Å²) in [6, 6.07) is 5.44. The highest BCUT2D eigenvalue weighted by Crippen LogP contribution is 2.18. The van der Waals surface area contributed by atoms with Gasteiger partial charge < -0.3 is 19.9 Å². The van der Waals surface area contributed by atoms with Crippen LogP contribution < -0.4 is 10.1 Å². The molecule has 0 bridgehead atoms. The maximum atomic E-state index is 11.6. The van der Waals surface area contributed by atoms with Gasteiger partial charge >= 0.3 is 0 Å². The van der Waals surface area contributed by atoms with Crippen LogP contribution in [0.5, 0.6) is 5.75 Å². The quantitative estimate of drug-likeness (QED) is 0.574. The summed E-state index contributed by atoms with van der Waals surface area (Å²) < 4.78 is 10.3. The number of rotatable bonds is 6. The molecule has 1 saturated heterocycles. The normalized spacial score (nSPS) is 21.0. The summed E-state index contributed by atoms with van der Waals surface area (Å²) in [6.45, 7) is 0.562. The number of carbonyl (C=O) groups is 1. The fourth-order valence-electron chi connectivity index (χ4n) is 1.86. The number of hydrogen-bond donors (Lipinski definition) is 2. The van der Waals surface area contributed by atoms with E-state index >= 15 is 0 Å². The summed E-state index contributed by atoms with van der Waals surface area (Å²) in [6.07, 6.45) is 0.483. The van der Waals surface area contributed by atoms with E-state index in [9.17, 15) is 20.0 Å². The van der Waals surface area contributed by atoms with Crippen molar-refractivity contribution in [2.45, 2.75) is 12.0 Å². The number of nitro groups is 1. The minimum absolute atomic E-state index is 0.0461. The van der Waals surface area contributed by atoms with Gasteiger partial charge in [0.25, 0.3) is 11.6 Å². The van der Waals surface area contributed by atoms with Crippen molar-refractivity contribution in [1.29, 1.82) is 0 Å². The van der Waals surface area contributed by atoms with E-state index in [4.69, 9.17) is 9.47 Å². The predicted octanol–water partition coefficient (Wildman–Crippen LogP) is 0.241. The maximum Gasteiger partial charge on any atom is 0.269 e. The lowest BCUT2D eigenvalue weighted by Crippen LogP contribution is -2.44. The van der Waals surface area contributed by atoms with Crippen molar-refractivity contribution in [3.63, 3.8) is 0 Å². The van der Waals surface area contributed by atoms with Crippen LogP contribution in [-0.4, -0.2) is 47.9 Å². The van der Waals surface area contributed by atoms with E-state index in [1.165, 1.54) is 24.3 Å². The van der Waals surface area contributed by atoms with Gasteiger partial charge in [0, 0.05) is 31.7 Å². The third-order valence-corrected chi connectivity index (χ3v) is 3.11. The number of non-ortho nitro benzene ring substituents is 1.